The third-order valence-corrected chi connectivity index (χ3v) is 3.89. The highest BCUT2D eigenvalue weighted by Gasteiger charge is 2.36. The van der Waals surface area contributed by atoms with E-state index in [9.17, 15) is 0 Å². The van der Waals surface area contributed by atoms with E-state index in [1.807, 2.05) is 0 Å². The van der Waals surface area contributed by atoms with E-state index in [0.29, 0.717) is 6.04 Å². The monoisotopic (exact) mass is 193 g/mol. The first-order chi connectivity index (χ1) is 6.92. The lowest BCUT2D eigenvalue weighted by atomic mass is 9.99. The summed E-state index contributed by atoms with van der Waals surface area (Å²) in [6, 6.07) is 1.37. The molecule has 2 unspecified atom stereocenters. The van der Waals surface area contributed by atoms with E-state index in [1.165, 1.54) is 25.7 Å². The lowest BCUT2D eigenvalue weighted by Crippen LogP contribution is -2.44. The van der Waals surface area contributed by atoms with Crippen LogP contribution in [0.5, 0.6) is 0 Å². The quantitative estimate of drug-likeness (QED) is 0.674. The first-order valence-corrected chi connectivity index (χ1v) is 5.94. The second kappa shape index (κ2) is 3.67. The number of hydrogen-bond acceptors (Lipinski definition) is 2. The maximum Gasteiger partial charge on any atom is 0.0619 e. The van der Waals surface area contributed by atoms with Gasteiger partial charge in [0, 0.05) is 18.7 Å². The summed E-state index contributed by atoms with van der Waals surface area (Å²) in [6.07, 6.45) is 10.1. The van der Waals surface area contributed by atoms with E-state index in [0.717, 1.165) is 31.1 Å². The molecule has 1 heterocycles. The van der Waals surface area contributed by atoms with E-state index in [2.05, 4.69) is 17.5 Å². The summed E-state index contributed by atoms with van der Waals surface area (Å²) in [4.78, 5) is 0. The van der Waals surface area contributed by atoms with Crippen LogP contribution >= 0.6 is 0 Å². The molecule has 2 aliphatic carbocycles. The maximum atomic E-state index is 5.49. The standard InChI is InChI=1S/C12H19NO/c1-2-11(8-14-5-1)13-12-7-9-3-4-10(12)6-9/h3-4,9-13H,1-2,5-8H2/t9-,10+,11?,12?/m1/s1. The Bertz CT molecular complexity index is 232. The van der Waals surface area contributed by atoms with Gasteiger partial charge in [-0.1, -0.05) is 12.2 Å². The average molecular weight is 193 g/mol. The number of hydrogen-bond donors (Lipinski definition) is 1. The van der Waals surface area contributed by atoms with Gasteiger partial charge in [0.15, 0.2) is 0 Å². The van der Waals surface area contributed by atoms with Crippen LogP contribution in [0.1, 0.15) is 25.7 Å². The van der Waals surface area contributed by atoms with Gasteiger partial charge in [-0.05, 0) is 37.5 Å². The van der Waals surface area contributed by atoms with Crippen molar-refractivity contribution in [2.24, 2.45) is 11.8 Å². The molecule has 78 valence electrons. The van der Waals surface area contributed by atoms with Crippen molar-refractivity contribution in [3.63, 3.8) is 0 Å². The van der Waals surface area contributed by atoms with Gasteiger partial charge < -0.3 is 10.1 Å². The Hall–Kier alpha value is -0.340. The van der Waals surface area contributed by atoms with Crippen LogP contribution in [0.3, 0.4) is 0 Å². The van der Waals surface area contributed by atoms with Gasteiger partial charge in [0.05, 0.1) is 6.61 Å². The lowest BCUT2D eigenvalue weighted by molar-refractivity contribution is 0.0651. The van der Waals surface area contributed by atoms with Crippen molar-refractivity contribution in [3.05, 3.63) is 12.2 Å². The predicted octanol–water partition coefficient (Wildman–Crippen LogP) is 1.72. The molecule has 3 aliphatic rings. The second-order valence-corrected chi connectivity index (χ2v) is 4.97. The molecule has 0 aromatic carbocycles. The zero-order valence-corrected chi connectivity index (χ0v) is 8.61. The van der Waals surface area contributed by atoms with Gasteiger partial charge in [0.2, 0.25) is 0 Å². The van der Waals surface area contributed by atoms with Crippen LogP contribution in [0, 0.1) is 11.8 Å². The first kappa shape index (κ1) is 8.93. The fourth-order valence-electron chi connectivity index (χ4n) is 3.15. The molecule has 2 nitrogen and oxygen atoms in total. The minimum absolute atomic E-state index is 0.626. The molecule has 2 bridgehead atoms. The molecule has 1 aliphatic heterocycles. The van der Waals surface area contributed by atoms with Crippen LogP contribution in [0.15, 0.2) is 12.2 Å². The summed E-state index contributed by atoms with van der Waals surface area (Å²) in [5, 5.41) is 3.77. The highest BCUT2D eigenvalue weighted by molar-refractivity contribution is 5.12. The van der Waals surface area contributed by atoms with Crippen LogP contribution in [0.2, 0.25) is 0 Å². The number of nitrogens with one attached hydrogen (secondary N) is 1. The third kappa shape index (κ3) is 1.61. The highest BCUT2D eigenvalue weighted by Crippen LogP contribution is 2.39. The predicted molar refractivity (Wildman–Crippen MR) is 56.1 cm³/mol. The smallest absolute Gasteiger partial charge is 0.0619 e. The Balaban J connectivity index is 1.54. The van der Waals surface area contributed by atoms with Gasteiger partial charge in [-0.15, -0.1) is 0 Å². The summed E-state index contributed by atoms with van der Waals surface area (Å²) in [6.45, 7) is 1.90. The van der Waals surface area contributed by atoms with Crippen molar-refractivity contribution >= 4 is 0 Å². The first-order valence-electron chi connectivity index (χ1n) is 5.94. The topological polar surface area (TPSA) is 21.3 Å². The van der Waals surface area contributed by atoms with E-state index in [4.69, 9.17) is 4.74 Å². The second-order valence-electron chi connectivity index (χ2n) is 4.97. The SMILES string of the molecule is C1=C[C@H]2C[C@@H]1CC2NC1CCCOC1. The molecule has 0 aromatic heterocycles. The number of fused-ring (bicyclic) bond motifs is 2. The summed E-state index contributed by atoms with van der Waals surface area (Å²) >= 11 is 0. The molecule has 1 saturated carbocycles. The normalized spacial score (nSPS) is 46.0. The van der Waals surface area contributed by atoms with Crippen molar-refractivity contribution in [2.75, 3.05) is 13.2 Å². The molecule has 2 heteroatoms. The largest absolute Gasteiger partial charge is 0.380 e. The minimum Gasteiger partial charge on any atom is -0.380 e. The number of ether oxygens (including phenoxy) is 1. The molecular weight excluding hydrogens is 174 g/mol. The van der Waals surface area contributed by atoms with E-state index in [-0.39, 0.29) is 0 Å². The molecule has 1 saturated heterocycles. The highest BCUT2D eigenvalue weighted by atomic mass is 16.5. The van der Waals surface area contributed by atoms with Crippen LogP contribution in [0.25, 0.3) is 0 Å². The van der Waals surface area contributed by atoms with Gasteiger partial charge in [-0.2, -0.15) is 0 Å². The molecule has 0 spiro atoms. The average Bonchev–Trinajstić information content (AvgIpc) is 2.81. The molecule has 1 N–H and O–H groups in total. The van der Waals surface area contributed by atoms with Crippen LogP contribution in [-0.2, 0) is 4.74 Å². The van der Waals surface area contributed by atoms with Gasteiger partial charge >= 0.3 is 0 Å². The Kier molecular flexibility index (Phi) is 2.34. The van der Waals surface area contributed by atoms with Gasteiger partial charge in [-0.3, -0.25) is 0 Å². The van der Waals surface area contributed by atoms with Crippen molar-refractivity contribution in [1.29, 1.82) is 0 Å². The van der Waals surface area contributed by atoms with Crippen LogP contribution in [0.4, 0.5) is 0 Å². The van der Waals surface area contributed by atoms with Gasteiger partial charge in [0.1, 0.15) is 0 Å². The zero-order valence-electron chi connectivity index (χ0n) is 8.61. The van der Waals surface area contributed by atoms with Gasteiger partial charge in [-0.25, -0.2) is 0 Å². The number of allylic oxidation sites excluding steroid dienone is 1. The molecule has 0 radical (unpaired) electrons. The summed E-state index contributed by atoms with van der Waals surface area (Å²) in [5.41, 5.74) is 0. The molecular formula is C12H19NO. The molecule has 0 amide bonds. The van der Waals surface area contributed by atoms with Crippen molar-refractivity contribution in [1.82, 2.24) is 5.32 Å². The third-order valence-electron chi connectivity index (χ3n) is 3.89. The fraction of sp³-hybridized carbons (Fsp3) is 0.833. The minimum atomic E-state index is 0.626. The molecule has 2 fully saturated rings. The Morgan fingerprint density at radius 3 is 2.86 bits per heavy atom. The molecule has 0 aromatic rings. The van der Waals surface area contributed by atoms with Crippen molar-refractivity contribution in [3.8, 4) is 0 Å². The van der Waals surface area contributed by atoms with Gasteiger partial charge in [0.25, 0.3) is 0 Å². The number of rotatable bonds is 2. The summed E-state index contributed by atoms with van der Waals surface area (Å²) < 4.78 is 5.49. The fourth-order valence-corrected chi connectivity index (χ4v) is 3.15. The Labute approximate surface area is 85.7 Å². The van der Waals surface area contributed by atoms with Crippen molar-refractivity contribution < 1.29 is 4.74 Å². The maximum absolute atomic E-state index is 5.49. The molecule has 14 heavy (non-hydrogen) atoms. The van der Waals surface area contributed by atoms with Crippen LogP contribution < -0.4 is 5.32 Å². The molecule has 4 atom stereocenters. The zero-order chi connectivity index (χ0) is 9.38. The summed E-state index contributed by atoms with van der Waals surface area (Å²) in [7, 11) is 0. The Morgan fingerprint density at radius 1 is 1.21 bits per heavy atom. The Morgan fingerprint density at radius 2 is 2.21 bits per heavy atom. The van der Waals surface area contributed by atoms with Crippen LogP contribution in [-0.4, -0.2) is 25.3 Å². The molecule has 3 rings (SSSR count). The van der Waals surface area contributed by atoms with Crippen molar-refractivity contribution in [2.45, 2.75) is 37.8 Å². The van der Waals surface area contributed by atoms with E-state index in [1.54, 1.807) is 0 Å². The van der Waals surface area contributed by atoms with E-state index >= 15 is 0 Å². The lowest BCUT2D eigenvalue weighted by Gasteiger charge is -2.29. The van der Waals surface area contributed by atoms with E-state index < -0.39 is 0 Å². The summed E-state index contributed by atoms with van der Waals surface area (Å²) in [5.74, 6) is 1.70.